The Morgan fingerprint density at radius 3 is 2.73 bits per heavy atom. The van der Waals surface area contributed by atoms with Crippen LogP contribution in [0.4, 0.5) is 0 Å². The van der Waals surface area contributed by atoms with Crippen molar-refractivity contribution in [3.8, 4) is 0 Å². The molecule has 0 aliphatic carbocycles. The van der Waals surface area contributed by atoms with Crippen LogP contribution in [0.5, 0.6) is 0 Å². The van der Waals surface area contributed by atoms with Crippen LogP contribution in [-0.2, 0) is 19.0 Å². The third kappa shape index (κ3) is 3.93. The topological polar surface area (TPSA) is 44.8 Å². The molecule has 1 fully saturated rings. The maximum Gasteiger partial charge on any atom is 0.330 e. The van der Waals surface area contributed by atoms with Crippen LogP contribution in [0.3, 0.4) is 0 Å². The van der Waals surface area contributed by atoms with E-state index in [0.717, 1.165) is 6.42 Å². The summed E-state index contributed by atoms with van der Waals surface area (Å²) in [6.45, 7) is 1.38. The highest BCUT2D eigenvalue weighted by Crippen LogP contribution is 2.25. The number of esters is 1. The third-order valence-electron chi connectivity index (χ3n) is 2.11. The molecule has 1 saturated heterocycles. The van der Waals surface area contributed by atoms with E-state index in [1.165, 1.54) is 13.2 Å². The van der Waals surface area contributed by atoms with Gasteiger partial charge in [-0.3, -0.25) is 0 Å². The van der Waals surface area contributed by atoms with Gasteiger partial charge in [0.25, 0.3) is 0 Å². The van der Waals surface area contributed by atoms with E-state index in [1.54, 1.807) is 6.08 Å². The summed E-state index contributed by atoms with van der Waals surface area (Å²) in [4.78, 5) is 10.8. The average Bonchev–Trinajstić information content (AvgIpc) is 2.30. The molecule has 0 aromatic rings. The Hall–Kier alpha value is -0.390. The Kier molecular flexibility index (Phi) is 5.28. The van der Waals surface area contributed by atoms with Crippen molar-refractivity contribution in [3.05, 3.63) is 12.2 Å². The van der Waals surface area contributed by atoms with Gasteiger partial charge < -0.3 is 14.2 Å². The Labute approximate surface area is 97.7 Å². The summed E-state index contributed by atoms with van der Waals surface area (Å²) in [6.07, 6.45) is 4.53. The molecule has 0 aromatic heterocycles. The van der Waals surface area contributed by atoms with Gasteiger partial charge in [-0.25, -0.2) is 4.79 Å². The predicted octanol–water partition coefficient (Wildman–Crippen LogP) is 1.63. The van der Waals surface area contributed by atoms with E-state index in [0.29, 0.717) is 25.0 Å². The second-order valence-electron chi connectivity index (χ2n) is 3.22. The van der Waals surface area contributed by atoms with E-state index < -0.39 is 5.79 Å². The molecule has 0 spiro atoms. The van der Waals surface area contributed by atoms with Crippen LogP contribution in [0.15, 0.2) is 12.2 Å². The number of ether oxygens (including phenoxy) is 3. The zero-order valence-electron chi connectivity index (χ0n) is 8.70. The van der Waals surface area contributed by atoms with Crippen molar-refractivity contribution in [3.63, 3.8) is 0 Å². The minimum absolute atomic E-state index is 0.365. The first-order valence-electron chi connectivity index (χ1n) is 4.81. The summed E-state index contributed by atoms with van der Waals surface area (Å²) < 4.78 is 15.6. The van der Waals surface area contributed by atoms with Crippen molar-refractivity contribution >= 4 is 21.9 Å². The fourth-order valence-electron chi connectivity index (χ4n) is 1.27. The van der Waals surface area contributed by atoms with Crippen LogP contribution < -0.4 is 0 Å². The first-order chi connectivity index (χ1) is 7.22. The lowest BCUT2D eigenvalue weighted by molar-refractivity contribution is -0.249. The molecule has 0 N–H and O–H groups in total. The Morgan fingerprint density at radius 2 is 2.20 bits per heavy atom. The van der Waals surface area contributed by atoms with Gasteiger partial charge in [-0.1, -0.05) is 22.0 Å². The summed E-state index contributed by atoms with van der Waals surface area (Å²) in [5.41, 5.74) is 0. The number of methoxy groups -OCH3 is 1. The van der Waals surface area contributed by atoms with Crippen LogP contribution in [0.25, 0.3) is 0 Å². The van der Waals surface area contributed by atoms with Gasteiger partial charge in [-0.05, 0) is 6.42 Å². The molecule has 0 atom stereocenters. The van der Waals surface area contributed by atoms with Crippen molar-refractivity contribution in [2.75, 3.05) is 25.7 Å². The lowest BCUT2D eigenvalue weighted by atomic mass is 10.2. The maximum absolute atomic E-state index is 10.8. The molecule has 1 aliphatic rings. The van der Waals surface area contributed by atoms with E-state index in [4.69, 9.17) is 9.47 Å². The van der Waals surface area contributed by atoms with Gasteiger partial charge in [0, 0.05) is 12.5 Å². The van der Waals surface area contributed by atoms with Crippen molar-refractivity contribution in [1.29, 1.82) is 0 Å². The quantitative estimate of drug-likeness (QED) is 0.446. The van der Waals surface area contributed by atoms with Crippen LogP contribution in [0.2, 0.25) is 0 Å². The summed E-state index contributed by atoms with van der Waals surface area (Å²) in [5.74, 6) is -0.987. The van der Waals surface area contributed by atoms with Gasteiger partial charge >= 0.3 is 5.97 Å². The molecule has 1 heterocycles. The largest absolute Gasteiger partial charge is 0.466 e. The minimum atomic E-state index is -0.622. The number of hydrogen-bond acceptors (Lipinski definition) is 4. The zero-order chi connectivity index (χ0) is 11.1. The minimum Gasteiger partial charge on any atom is -0.466 e. The van der Waals surface area contributed by atoms with E-state index in [1.807, 2.05) is 0 Å². The van der Waals surface area contributed by atoms with Gasteiger partial charge in [-0.15, -0.1) is 0 Å². The van der Waals surface area contributed by atoms with E-state index in [-0.39, 0.29) is 5.97 Å². The number of carbonyl (C=O) groups is 1. The first-order valence-corrected chi connectivity index (χ1v) is 5.93. The van der Waals surface area contributed by atoms with Crippen LogP contribution >= 0.6 is 15.9 Å². The number of alkyl halides is 1. The third-order valence-corrected chi connectivity index (χ3v) is 2.96. The molecule has 0 unspecified atom stereocenters. The maximum atomic E-state index is 10.8. The molecule has 0 bridgehead atoms. The number of rotatable bonds is 4. The Balaban J connectivity index is 2.45. The average molecular weight is 279 g/mol. The molecule has 0 aromatic carbocycles. The normalized spacial score (nSPS) is 20.4. The second-order valence-corrected chi connectivity index (χ2v) is 3.79. The number of carbonyl (C=O) groups excluding carboxylic acids is 1. The SMILES string of the molecule is COC(=O)/C=C/CC1(CBr)OCCCO1. The standard InChI is InChI=1S/C10H15BrO4/c1-13-9(12)4-2-5-10(8-11)14-6-3-7-15-10/h2,4H,3,5-8H2,1H3/b4-2+. The van der Waals surface area contributed by atoms with Gasteiger partial charge in [0.1, 0.15) is 0 Å². The summed E-state index contributed by atoms with van der Waals surface area (Å²) in [5, 5.41) is 0.589. The molecule has 86 valence electrons. The summed E-state index contributed by atoms with van der Waals surface area (Å²) in [6, 6.07) is 0. The number of hydrogen-bond donors (Lipinski definition) is 0. The Bertz CT molecular complexity index is 234. The molecule has 1 rings (SSSR count). The Morgan fingerprint density at radius 1 is 1.53 bits per heavy atom. The smallest absolute Gasteiger partial charge is 0.330 e. The molecular formula is C10H15BrO4. The summed E-state index contributed by atoms with van der Waals surface area (Å²) >= 11 is 3.35. The lowest BCUT2D eigenvalue weighted by Crippen LogP contribution is -2.41. The molecule has 4 nitrogen and oxygen atoms in total. The molecular weight excluding hydrogens is 264 g/mol. The van der Waals surface area contributed by atoms with Crippen molar-refractivity contribution < 1.29 is 19.0 Å². The molecule has 15 heavy (non-hydrogen) atoms. The molecule has 0 radical (unpaired) electrons. The van der Waals surface area contributed by atoms with Crippen LogP contribution in [-0.4, -0.2) is 37.4 Å². The van der Waals surface area contributed by atoms with Gasteiger partial charge in [0.2, 0.25) is 0 Å². The second kappa shape index (κ2) is 6.25. The van der Waals surface area contributed by atoms with Crippen molar-refractivity contribution in [2.24, 2.45) is 0 Å². The fraction of sp³-hybridized carbons (Fsp3) is 0.700. The van der Waals surface area contributed by atoms with Gasteiger partial charge in [-0.2, -0.15) is 0 Å². The lowest BCUT2D eigenvalue weighted by Gasteiger charge is -2.34. The highest BCUT2D eigenvalue weighted by Gasteiger charge is 2.32. The highest BCUT2D eigenvalue weighted by molar-refractivity contribution is 9.09. The number of halogens is 1. The van der Waals surface area contributed by atoms with E-state index in [2.05, 4.69) is 20.7 Å². The first kappa shape index (κ1) is 12.7. The van der Waals surface area contributed by atoms with E-state index >= 15 is 0 Å². The predicted molar refractivity (Wildman–Crippen MR) is 58.8 cm³/mol. The molecule has 0 saturated carbocycles. The van der Waals surface area contributed by atoms with Crippen LogP contribution in [0, 0.1) is 0 Å². The molecule has 1 aliphatic heterocycles. The van der Waals surface area contributed by atoms with Crippen molar-refractivity contribution in [1.82, 2.24) is 0 Å². The molecule has 0 amide bonds. The van der Waals surface area contributed by atoms with E-state index in [9.17, 15) is 4.79 Å². The summed E-state index contributed by atoms with van der Waals surface area (Å²) in [7, 11) is 1.35. The monoisotopic (exact) mass is 278 g/mol. The van der Waals surface area contributed by atoms with Crippen LogP contribution in [0.1, 0.15) is 12.8 Å². The zero-order valence-corrected chi connectivity index (χ0v) is 10.3. The molecule has 5 heteroatoms. The highest BCUT2D eigenvalue weighted by atomic mass is 79.9. The van der Waals surface area contributed by atoms with Crippen molar-refractivity contribution in [2.45, 2.75) is 18.6 Å². The van der Waals surface area contributed by atoms with Gasteiger partial charge in [0.05, 0.1) is 25.7 Å². The fourth-order valence-corrected chi connectivity index (χ4v) is 1.82. The van der Waals surface area contributed by atoms with Gasteiger partial charge in [0.15, 0.2) is 5.79 Å².